The van der Waals surface area contributed by atoms with E-state index in [1.165, 1.54) is 42.5 Å². The normalized spacial score (nSPS) is 15.4. The van der Waals surface area contributed by atoms with Crippen molar-refractivity contribution in [1.29, 1.82) is 0 Å². The number of para-hydroxylation sites is 1. The average Bonchev–Trinajstić information content (AvgIpc) is 2.84. The molecule has 1 aromatic carbocycles. The standard InChI is InChI=1S/C17H28N2/c1-13(2)6-4-7-14(3)19-12-16-9-5-8-15-10-11-18-17(15)16/h5,8-9,13-14,18-19H,4,6-7,10-12H2,1-3H3. The lowest BCUT2D eigenvalue weighted by Gasteiger charge is -2.16. The Hall–Kier alpha value is -1.02. The predicted molar refractivity (Wildman–Crippen MR) is 83.6 cm³/mol. The van der Waals surface area contributed by atoms with Crippen LogP contribution in [-0.4, -0.2) is 12.6 Å². The van der Waals surface area contributed by atoms with Crippen LogP contribution >= 0.6 is 0 Å². The molecule has 2 N–H and O–H groups in total. The van der Waals surface area contributed by atoms with Gasteiger partial charge in [-0.15, -0.1) is 0 Å². The first-order chi connectivity index (χ1) is 9.16. The fourth-order valence-corrected chi connectivity index (χ4v) is 2.78. The van der Waals surface area contributed by atoms with E-state index in [1.54, 1.807) is 0 Å². The summed E-state index contributed by atoms with van der Waals surface area (Å²) in [6, 6.07) is 7.28. The molecule has 0 amide bonds. The molecule has 1 unspecified atom stereocenters. The van der Waals surface area contributed by atoms with Gasteiger partial charge < -0.3 is 10.6 Å². The van der Waals surface area contributed by atoms with Crippen molar-refractivity contribution < 1.29 is 0 Å². The SMILES string of the molecule is CC(C)CCCC(C)NCc1cccc2c1NCC2. The van der Waals surface area contributed by atoms with Gasteiger partial charge in [0.25, 0.3) is 0 Å². The monoisotopic (exact) mass is 260 g/mol. The van der Waals surface area contributed by atoms with Crippen LogP contribution in [0.3, 0.4) is 0 Å². The van der Waals surface area contributed by atoms with Crippen LogP contribution in [0.1, 0.15) is 51.2 Å². The largest absolute Gasteiger partial charge is 0.384 e. The van der Waals surface area contributed by atoms with Crippen LogP contribution in [0.5, 0.6) is 0 Å². The molecule has 0 radical (unpaired) electrons. The molecule has 2 nitrogen and oxygen atoms in total. The second kappa shape index (κ2) is 6.95. The number of rotatable bonds is 7. The van der Waals surface area contributed by atoms with Gasteiger partial charge in [0.1, 0.15) is 0 Å². The summed E-state index contributed by atoms with van der Waals surface area (Å²) in [6.45, 7) is 8.99. The third-order valence-corrected chi connectivity index (χ3v) is 3.99. The Bertz CT molecular complexity index is 398. The van der Waals surface area contributed by atoms with Crippen LogP contribution in [-0.2, 0) is 13.0 Å². The Morgan fingerprint density at radius 3 is 2.84 bits per heavy atom. The lowest BCUT2D eigenvalue weighted by atomic mass is 10.0. The van der Waals surface area contributed by atoms with Crippen molar-refractivity contribution in [2.45, 2.75) is 59.0 Å². The van der Waals surface area contributed by atoms with E-state index in [2.05, 4.69) is 49.6 Å². The molecular weight excluding hydrogens is 232 g/mol. The zero-order valence-electron chi connectivity index (χ0n) is 12.6. The quantitative estimate of drug-likeness (QED) is 0.775. The molecule has 0 bridgehead atoms. The van der Waals surface area contributed by atoms with Gasteiger partial charge in [-0.1, -0.05) is 44.9 Å². The Labute approximate surface area is 118 Å². The van der Waals surface area contributed by atoms with Gasteiger partial charge in [-0.2, -0.15) is 0 Å². The van der Waals surface area contributed by atoms with Gasteiger partial charge >= 0.3 is 0 Å². The summed E-state index contributed by atoms with van der Waals surface area (Å²) in [5, 5.41) is 7.17. The molecule has 1 aliphatic heterocycles. The van der Waals surface area contributed by atoms with Crippen LogP contribution in [0.15, 0.2) is 18.2 Å². The Balaban J connectivity index is 1.78. The smallest absolute Gasteiger partial charge is 0.0419 e. The molecular formula is C17H28N2. The third-order valence-electron chi connectivity index (χ3n) is 3.99. The molecule has 0 fully saturated rings. The number of hydrogen-bond acceptors (Lipinski definition) is 2. The average molecular weight is 260 g/mol. The number of anilines is 1. The Morgan fingerprint density at radius 2 is 2.05 bits per heavy atom. The first kappa shape index (κ1) is 14.4. The molecule has 2 rings (SSSR count). The molecule has 0 aromatic heterocycles. The highest BCUT2D eigenvalue weighted by atomic mass is 14.9. The maximum atomic E-state index is 3.66. The topological polar surface area (TPSA) is 24.1 Å². The van der Waals surface area contributed by atoms with Gasteiger partial charge in [-0.25, -0.2) is 0 Å². The van der Waals surface area contributed by atoms with Crippen molar-refractivity contribution in [3.8, 4) is 0 Å². The summed E-state index contributed by atoms with van der Waals surface area (Å²) in [5.41, 5.74) is 4.28. The van der Waals surface area contributed by atoms with Crippen LogP contribution in [0.4, 0.5) is 5.69 Å². The number of benzene rings is 1. The predicted octanol–water partition coefficient (Wildman–Crippen LogP) is 3.96. The van der Waals surface area contributed by atoms with Crippen LogP contribution in [0.25, 0.3) is 0 Å². The highest BCUT2D eigenvalue weighted by Gasteiger charge is 2.13. The van der Waals surface area contributed by atoms with Crippen molar-refractivity contribution in [3.05, 3.63) is 29.3 Å². The summed E-state index contributed by atoms with van der Waals surface area (Å²) in [6.07, 6.45) is 5.12. The minimum Gasteiger partial charge on any atom is -0.384 e. The summed E-state index contributed by atoms with van der Waals surface area (Å²) < 4.78 is 0. The van der Waals surface area contributed by atoms with Gasteiger partial charge in [0.05, 0.1) is 0 Å². The molecule has 19 heavy (non-hydrogen) atoms. The minimum atomic E-state index is 0.607. The fraction of sp³-hybridized carbons (Fsp3) is 0.647. The van der Waals surface area contributed by atoms with Gasteiger partial charge in [0.2, 0.25) is 0 Å². The number of fused-ring (bicyclic) bond motifs is 1. The summed E-state index contributed by atoms with van der Waals surface area (Å²) in [4.78, 5) is 0. The highest BCUT2D eigenvalue weighted by Crippen LogP contribution is 2.26. The van der Waals surface area contributed by atoms with Gasteiger partial charge in [-0.05, 0) is 36.8 Å². The zero-order chi connectivity index (χ0) is 13.7. The van der Waals surface area contributed by atoms with E-state index in [-0.39, 0.29) is 0 Å². The van der Waals surface area contributed by atoms with Crippen molar-refractivity contribution in [3.63, 3.8) is 0 Å². The summed E-state index contributed by atoms with van der Waals surface area (Å²) >= 11 is 0. The van der Waals surface area contributed by atoms with Crippen molar-refractivity contribution in [1.82, 2.24) is 5.32 Å². The lowest BCUT2D eigenvalue weighted by Crippen LogP contribution is -2.25. The third kappa shape index (κ3) is 4.24. The van der Waals surface area contributed by atoms with Crippen molar-refractivity contribution in [2.75, 3.05) is 11.9 Å². The molecule has 1 atom stereocenters. The molecule has 0 saturated heterocycles. The second-order valence-electron chi connectivity index (χ2n) is 6.23. The summed E-state index contributed by atoms with van der Waals surface area (Å²) in [5.74, 6) is 0.828. The van der Waals surface area contributed by atoms with E-state index in [4.69, 9.17) is 0 Å². The second-order valence-corrected chi connectivity index (χ2v) is 6.23. The van der Waals surface area contributed by atoms with E-state index >= 15 is 0 Å². The lowest BCUT2D eigenvalue weighted by molar-refractivity contribution is 0.457. The van der Waals surface area contributed by atoms with Crippen molar-refractivity contribution in [2.24, 2.45) is 5.92 Å². The first-order valence-electron chi connectivity index (χ1n) is 7.75. The van der Waals surface area contributed by atoms with Crippen LogP contribution < -0.4 is 10.6 Å². The molecule has 0 saturated carbocycles. The van der Waals surface area contributed by atoms with E-state index in [1.807, 2.05) is 0 Å². The van der Waals surface area contributed by atoms with E-state index in [0.29, 0.717) is 6.04 Å². The van der Waals surface area contributed by atoms with Crippen LogP contribution in [0, 0.1) is 5.92 Å². The molecule has 1 aromatic rings. The molecule has 2 heteroatoms. The maximum absolute atomic E-state index is 3.66. The fourth-order valence-electron chi connectivity index (χ4n) is 2.78. The van der Waals surface area contributed by atoms with E-state index in [0.717, 1.165) is 19.0 Å². The van der Waals surface area contributed by atoms with Gasteiger partial charge in [0.15, 0.2) is 0 Å². The number of hydrogen-bond donors (Lipinski definition) is 2. The first-order valence-corrected chi connectivity index (χ1v) is 7.75. The van der Waals surface area contributed by atoms with Gasteiger partial charge in [0, 0.05) is 24.8 Å². The molecule has 1 aliphatic rings. The van der Waals surface area contributed by atoms with E-state index in [9.17, 15) is 0 Å². The highest BCUT2D eigenvalue weighted by molar-refractivity contribution is 5.61. The Kier molecular flexibility index (Phi) is 5.26. The molecule has 0 aliphatic carbocycles. The number of nitrogens with one attached hydrogen (secondary N) is 2. The summed E-state index contributed by atoms with van der Waals surface area (Å²) in [7, 11) is 0. The zero-order valence-corrected chi connectivity index (χ0v) is 12.6. The molecule has 0 spiro atoms. The Morgan fingerprint density at radius 1 is 1.21 bits per heavy atom. The maximum Gasteiger partial charge on any atom is 0.0419 e. The minimum absolute atomic E-state index is 0.607. The molecule has 1 heterocycles. The van der Waals surface area contributed by atoms with Gasteiger partial charge in [-0.3, -0.25) is 0 Å². The molecule has 106 valence electrons. The van der Waals surface area contributed by atoms with Crippen LogP contribution in [0.2, 0.25) is 0 Å². The van der Waals surface area contributed by atoms with Crippen molar-refractivity contribution >= 4 is 5.69 Å². The van der Waals surface area contributed by atoms with E-state index < -0.39 is 0 Å².